The molecule has 0 radical (unpaired) electrons. The highest BCUT2D eigenvalue weighted by molar-refractivity contribution is 6.62. The van der Waals surface area contributed by atoms with E-state index in [0.29, 0.717) is 11.8 Å². The van der Waals surface area contributed by atoms with Gasteiger partial charge < -0.3 is 14.2 Å². The number of carbonyl (C=O) groups is 1. The van der Waals surface area contributed by atoms with Gasteiger partial charge in [0.2, 0.25) is 5.91 Å². The molecule has 7 heteroatoms. The van der Waals surface area contributed by atoms with Gasteiger partial charge in [0.1, 0.15) is 0 Å². The number of aromatic nitrogens is 2. The molecule has 124 valence electrons. The average Bonchev–Trinajstić information content (AvgIpc) is 3.09. The van der Waals surface area contributed by atoms with Gasteiger partial charge in [0.15, 0.2) is 0 Å². The SMILES string of the molecule is CC1(C)OB(c2cnn(C3CN(C(=O)C4CC4)C3)c2)OC1(C)C. The summed E-state index contributed by atoms with van der Waals surface area (Å²) in [5.41, 5.74) is 0.253. The number of carbonyl (C=O) groups excluding carboxylic acids is 1. The van der Waals surface area contributed by atoms with Crippen LogP contribution in [0.25, 0.3) is 0 Å². The van der Waals surface area contributed by atoms with Crippen LogP contribution in [0.1, 0.15) is 46.6 Å². The summed E-state index contributed by atoms with van der Waals surface area (Å²) in [6.07, 6.45) is 5.93. The molecule has 1 aliphatic carbocycles. The minimum Gasteiger partial charge on any atom is -0.399 e. The lowest BCUT2D eigenvalue weighted by Gasteiger charge is -2.39. The number of likely N-dealkylation sites (tertiary alicyclic amines) is 1. The molecule has 0 N–H and O–H groups in total. The lowest BCUT2D eigenvalue weighted by Crippen LogP contribution is -2.51. The lowest BCUT2D eigenvalue weighted by molar-refractivity contribution is -0.138. The molecule has 1 aromatic rings. The summed E-state index contributed by atoms with van der Waals surface area (Å²) in [4.78, 5) is 13.9. The second-order valence-electron chi connectivity index (χ2n) is 8.01. The number of hydrogen-bond acceptors (Lipinski definition) is 4. The zero-order valence-electron chi connectivity index (χ0n) is 14.3. The van der Waals surface area contributed by atoms with E-state index < -0.39 is 0 Å². The van der Waals surface area contributed by atoms with Crippen LogP contribution >= 0.6 is 0 Å². The Morgan fingerprint density at radius 1 is 1.22 bits per heavy atom. The van der Waals surface area contributed by atoms with Crippen LogP contribution in [-0.2, 0) is 14.1 Å². The van der Waals surface area contributed by atoms with Gasteiger partial charge in [-0.1, -0.05) is 0 Å². The summed E-state index contributed by atoms with van der Waals surface area (Å²) in [7, 11) is -0.377. The molecule has 1 saturated carbocycles. The molecular weight excluding hydrogens is 293 g/mol. The zero-order valence-corrected chi connectivity index (χ0v) is 14.3. The van der Waals surface area contributed by atoms with Crippen molar-refractivity contribution in [2.45, 2.75) is 57.8 Å². The van der Waals surface area contributed by atoms with Crippen LogP contribution < -0.4 is 5.46 Å². The Morgan fingerprint density at radius 2 is 1.83 bits per heavy atom. The fourth-order valence-corrected chi connectivity index (χ4v) is 3.04. The molecule has 0 aromatic carbocycles. The van der Waals surface area contributed by atoms with Crippen molar-refractivity contribution in [3.05, 3.63) is 12.4 Å². The monoisotopic (exact) mass is 317 g/mol. The second kappa shape index (κ2) is 4.83. The van der Waals surface area contributed by atoms with E-state index >= 15 is 0 Å². The predicted molar refractivity (Wildman–Crippen MR) is 86.3 cm³/mol. The van der Waals surface area contributed by atoms with Crippen molar-refractivity contribution in [1.29, 1.82) is 0 Å². The van der Waals surface area contributed by atoms with E-state index in [1.807, 2.05) is 49.7 Å². The molecule has 2 saturated heterocycles. The number of amides is 1. The minimum atomic E-state index is -0.377. The van der Waals surface area contributed by atoms with Crippen LogP contribution in [0.3, 0.4) is 0 Å². The fourth-order valence-electron chi connectivity index (χ4n) is 3.04. The number of nitrogens with zero attached hydrogens (tertiary/aromatic N) is 3. The molecule has 3 aliphatic rings. The third-order valence-corrected chi connectivity index (χ3v) is 5.62. The van der Waals surface area contributed by atoms with Gasteiger partial charge in [0.25, 0.3) is 0 Å². The van der Waals surface area contributed by atoms with E-state index in [4.69, 9.17) is 9.31 Å². The van der Waals surface area contributed by atoms with Crippen LogP contribution in [-0.4, -0.2) is 52.0 Å². The van der Waals surface area contributed by atoms with Crippen molar-refractivity contribution >= 4 is 18.5 Å². The van der Waals surface area contributed by atoms with Gasteiger partial charge in [-0.2, -0.15) is 5.10 Å². The highest BCUT2D eigenvalue weighted by Gasteiger charge is 2.52. The van der Waals surface area contributed by atoms with Crippen molar-refractivity contribution in [3.8, 4) is 0 Å². The third-order valence-electron chi connectivity index (χ3n) is 5.62. The molecule has 3 heterocycles. The fraction of sp³-hybridized carbons (Fsp3) is 0.750. The van der Waals surface area contributed by atoms with E-state index in [1.165, 1.54) is 0 Å². The van der Waals surface area contributed by atoms with Crippen molar-refractivity contribution in [2.24, 2.45) is 5.92 Å². The Balaban J connectivity index is 1.40. The van der Waals surface area contributed by atoms with E-state index in [-0.39, 0.29) is 24.4 Å². The summed E-state index contributed by atoms with van der Waals surface area (Å²) < 4.78 is 14.0. The van der Waals surface area contributed by atoms with Gasteiger partial charge >= 0.3 is 7.12 Å². The van der Waals surface area contributed by atoms with Gasteiger partial charge in [-0.15, -0.1) is 0 Å². The van der Waals surface area contributed by atoms with Crippen LogP contribution in [0.15, 0.2) is 12.4 Å². The van der Waals surface area contributed by atoms with Crippen molar-refractivity contribution in [1.82, 2.24) is 14.7 Å². The van der Waals surface area contributed by atoms with E-state index in [2.05, 4.69) is 5.10 Å². The summed E-state index contributed by atoms with van der Waals surface area (Å²) >= 11 is 0. The van der Waals surface area contributed by atoms with Gasteiger partial charge in [-0.25, -0.2) is 0 Å². The maximum Gasteiger partial charge on any atom is 0.498 e. The van der Waals surface area contributed by atoms with Gasteiger partial charge in [0.05, 0.1) is 17.2 Å². The van der Waals surface area contributed by atoms with Crippen LogP contribution in [0.2, 0.25) is 0 Å². The molecule has 3 fully saturated rings. The van der Waals surface area contributed by atoms with Crippen LogP contribution in [0.5, 0.6) is 0 Å². The maximum atomic E-state index is 12.0. The Hall–Kier alpha value is -1.34. The van der Waals surface area contributed by atoms with Gasteiger partial charge in [-0.05, 0) is 40.5 Å². The van der Waals surface area contributed by atoms with Crippen LogP contribution in [0.4, 0.5) is 0 Å². The Morgan fingerprint density at radius 3 is 2.39 bits per heavy atom. The van der Waals surface area contributed by atoms with Crippen LogP contribution in [0, 0.1) is 5.92 Å². The maximum absolute atomic E-state index is 12.0. The summed E-state index contributed by atoms with van der Waals surface area (Å²) in [6.45, 7) is 9.71. The zero-order chi connectivity index (χ0) is 16.4. The first-order valence-electron chi connectivity index (χ1n) is 8.45. The molecule has 1 amide bonds. The minimum absolute atomic E-state index is 0.272. The van der Waals surface area contributed by atoms with Crippen molar-refractivity contribution in [2.75, 3.05) is 13.1 Å². The van der Waals surface area contributed by atoms with E-state index in [1.54, 1.807) is 0 Å². The quantitative estimate of drug-likeness (QED) is 0.780. The van der Waals surface area contributed by atoms with E-state index in [9.17, 15) is 4.79 Å². The molecule has 0 atom stereocenters. The molecule has 0 bridgehead atoms. The van der Waals surface area contributed by atoms with Gasteiger partial charge in [0, 0.05) is 36.9 Å². The van der Waals surface area contributed by atoms with Crippen molar-refractivity contribution < 1.29 is 14.1 Å². The molecular formula is C16H24BN3O3. The highest BCUT2D eigenvalue weighted by Crippen LogP contribution is 2.37. The molecule has 4 rings (SSSR count). The summed E-state index contributed by atoms with van der Waals surface area (Å²) in [5, 5.41) is 4.45. The Kier molecular flexibility index (Phi) is 3.20. The standard InChI is InChI=1S/C16H24BN3O3/c1-15(2)16(3,4)23-17(22-15)12-7-18-20(8-12)13-9-19(10-13)14(21)11-5-6-11/h7-8,11,13H,5-6,9-10H2,1-4H3. The first-order valence-corrected chi connectivity index (χ1v) is 8.45. The lowest BCUT2D eigenvalue weighted by atomic mass is 9.82. The third kappa shape index (κ3) is 2.50. The predicted octanol–water partition coefficient (Wildman–Crippen LogP) is 0.976. The summed E-state index contributed by atoms with van der Waals surface area (Å²) in [5.74, 6) is 0.619. The molecule has 1 aromatic heterocycles. The topological polar surface area (TPSA) is 56.6 Å². The number of hydrogen-bond donors (Lipinski definition) is 0. The largest absolute Gasteiger partial charge is 0.498 e. The van der Waals surface area contributed by atoms with E-state index in [0.717, 1.165) is 31.4 Å². The Bertz CT molecular complexity index is 616. The number of rotatable bonds is 3. The molecule has 6 nitrogen and oxygen atoms in total. The van der Waals surface area contributed by atoms with Crippen molar-refractivity contribution in [3.63, 3.8) is 0 Å². The molecule has 0 spiro atoms. The summed E-state index contributed by atoms with van der Waals surface area (Å²) in [6, 6.07) is 0.272. The molecule has 23 heavy (non-hydrogen) atoms. The molecule has 2 aliphatic heterocycles. The average molecular weight is 317 g/mol. The first-order chi connectivity index (χ1) is 10.8. The normalized spacial score (nSPS) is 26.4. The van der Waals surface area contributed by atoms with Gasteiger partial charge in [-0.3, -0.25) is 9.48 Å². The Labute approximate surface area is 137 Å². The first kappa shape index (κ1) is 15.2. The molecule has 0 unspecified atom stereocenters. The highest BCUT2D eigenvalue weighted by atomic mass is 16.7. The second-order valence-corrected chi connectivity index (χ2v) is 8.01. The smallest absolute Gasteiger partial charge is 0.399 e.